The smallest absolute Gasteiger partial charge is 0.261 e. The van der Waals surface area contributed by atoms with Crippen molar-refractivity contribution in [3.8, 4) is 17.2 Å². The van der Waals surface area contributed by atoms with Gasteiger partial charge in [0.15, 0.2) is 6.10 Å². The van der Waals surface area contributed by atoms with Gasteiger partial charge < -0.3 is 19.5 Å². The summed E-state index contributed by atoms with van der Waals surface area (Å²) in [4.78, 5) is 13.1. The number of methoxy groups -OCH3 is 1. The quantitative estimate of drug-likeness (QED) is 0.754. The van der Waals surface area contributed by atoms with Crippen LogP contribution in [0, 0.1) is 13.8 Å². The number of hydrogen-bond acceptors (Lipinski definition) is 4. The summed E-state index contributed by atoms with van der Waals surface area (Å²) in [6, 6.07) is 11.6. The number of nitrogens with one attached hydrogen (secondary N) is 1. The van der Waals surface area contributed by atoms with Gasteiger partial charge in [-0.15, -0.1) is 0 Å². The Bertz CT molecular complexity index is 890. The summed E-state index contributed by atoms with van der Waals surface area (Å²) in [6.45, 7) is 10.0. The summed E-state index contributed by atoms with van der Waals surface area (Å²) in [5.74, 6) is 2.15. The molecule has 0 aliphatic carbocycles. The lowest BCUT2D eigenvalue weighted by Gasteiger charge is -2.38. The third-order valence-corrected chi connectivity index (χ3v) is 5.27. The number of fused-ring (bicyclic) bond motifs is 1. The molecule has 3 rings (SSSR count). The molecule has 0 saturated carbocycles. The zero-order chi connectivity index (χ0) is 21.2. The van der Waals surface area contributed by atoms with E-state index in [1.165, 1.54) is 0 Å². The first-order valence-corrected chi connectivity index (χ1v) is 10.1. The first kappa shape index (κ1) is 21.0. The number of amides is 1. The standard InChI is InChI=1S/C24H31NO4/c1-7-20(28-22-12-15(2)8-9-16(22)3)23(26)25-19-14-24(4,5)29-21-11-10-17(27-6)13-18(19)21/h8-13,19-20H,7,14H2,1-6H3,(H,25,26)/t19-,20+/m0/s1. The van der Waals surface area contributed by atoms with Crippen LogP contribution in [0.2, 0.25) is 0 Å². The molecule has 0 saturated heterocycles. The van der Waals surface area contributed by atoms with Crippen molar-refractivity contribution < 1.29 is 19.0 Å². The van der Waals surface area contributed by atoms with Gasteiger partial charge in [0.2, 0.25) is 0 Å². The van der Waals surface area contributed by atoms with Crippen LogP contribution in [-0.4, -0.2) is 24.7 Å². The minimum atomic E-state index is -0.560. The molecular formula is C24H31NO4. The number of carbonyl (C=O) groups is 1. The average molecular weight is 398 g/mol. The maximum atomic E-state index is 13.1. The fourth-order valence-electron chi connectivity index (χ4n) is 3.66. The topological polar surface area (TPSA) is 56.8 Å². The minimum absolute atomic E-state index is 0.120. The molecule has 1 amide bonds. The monoisotopic (exact) mass is 397 g/mol. The Balaban J connectivity index is 1.82. The Morgan fingerprint density at radius 2 is 2.00 bits per heavy atom. The van der Waals surface area contributed by atoms with Crippen molar-refractivity contribution in [3.63, 3.8) is 0 Å². The van der Waals surface area contributed by atoms with E-state index < -0.39 is 6.10 Å². The predicted molar refractivity (Wildman–Crippen MR) is 114 cm³/mol. The molecule has 2 aromatic carbocycles. The van der Waals surface area contributed by atoms with E-state index in [2.05, 4.69) is 5.32 Å². The highest BCUT2D eigenvalue weighted by Gasteiger charge is 2.36. The van der Waals surface area contributed by atoms with Gasteiger partial charge in [0.25, 0.3) is 5.91 Å². The first-order valence-electron chi connectivity index (χ1n) is 10.1. The number of benzene rings is 2. The molecule has 0 unspecified atom stereocenters. The van der Waals surface area contributed by atoms with E-state index >= 15 is 0 Å². The third kappa shape index (κ3) is 4.84. The maximum absolute atomic E-state index is 13.1. The second-order valence-corrected chi connectivity index (χ2v) is 8.31. The van der Waals surface area contributed by atoms with Gasteiger partial charge in [0.1, 0.15) is 22.8 Å². The lowest BCUT2D eigenvalue weighted by atomic mass is 9.89. The van der Waals surface area contributed by atoms with Crippen molar-refractivity contribution in [2.75, 3.05) is 7.11 Å². The molecule has 0 aromatic heterocycles. The highest BCUT2D eigenvalue weighted by Crippen LogP contribution is 2.41. The summed E-state index contributed by atoms with van der Waals surface area (Å²) in [5.41, 5.74) is 2.67. The second-order valence-electron chi connectivity index (χ2n) is 8.31. The van der Waals surface area contributed by atoms with E-state index in [0.29, 0.717) is 12.8 Å². The summed E-state index contributed by atoms with van der Waals surface area (Å²) in [7, 11) is 1.63. The van der Waals surface area contributed by atoms with E-state index in [4.69, 9.17) is 14.2 Å². The molecule has 5 nitrogen and oxygen atoms in total. The lowest BCUT2D eigenvalue weighted by molar-refractivity contribution is -0.129. The number of rotatable bonds is 6. The molecular weight excluding hydrogens is 366 g/mol. The molecule has 1 heterocycles. The molecule has 0 spiro atoms. The summed E-state index contributed by atoms with van der Waals surface area (Å²) < 4.78 is 17.6. The van der Waals surface area contributed by atoms with Crippen LogP contribution in [0.3, 0.4) is 0 Å². The molecule has 0 bridgehead atoms. The van der Waals surface area contributed by atoms with Crippen molar-refractivity contribution in [2.45, 2.75) is 65.2 Å². The summed E-state index contributed by atoms with van der Waals surface area (Å²) >= 11 is 0. The fourth-order valence-corrected chi connectivity index (χ4v) is 3.66. The van der Waals surface area contributed by atoms with Gasteiger partial charge in [-0.1, -0.05) is 19.1 Å². The second kappa shape index (κ2) is 8.36. The van der Waals surface area contributed by atoms with Crippen LogP contribution < -0.4 is 19.5 Å². The zero-order valence-electron chi connectivity index (χ0n) is 18.2. The van der Waals surface area contributed by atoms with Crippen molar-refractivity contribution in [1.29, 1.82) is 0 Å². The molecule has 156 valence electrons. The summed E-state index contributed by atoms with van der Waals surface area (Å²) in [5, 5.41) is 3.19. The Hall–Kier alpha value is -2.69. The number of hydrogen-bond donors (Lipinski definition) is 1. The van der Waals surface area contributed by atoms with Gasteiger partial charge in [0, 0.05) is 12.0 Å². The average Bonchev–Trinajstić information content (AvgIpc) is 2.67. The minimum Gasteiger partial charge on any atom is -0.497 e. The SMILES string of the molecule is CC[C@@H](Oc1cc(C)ccc1C)C(=O)N[C@H]1CC(C)(C)Oc2ccc(OC)cc21. The van der Waals surface area contributed by atoms with Crippen LogP contribution in [0.15, 0.2) is 36.4 Å². The van der Waals surface area contributed by atoms with Crippen molar-refractivity contribution in [2.24, 2.45) is 0 Å². The van der Waals surface area contributed by atoms with Crippen molar-refractivity contribution >= 4 is 5.91 Å². The number of carbonyl (C=O) groups excluding carboxylic acids is 1. The predicted octanol–water partition coefficient (Wildman–Crippen LogP) is 4.89. The van der Waals surface area contributed by atoms with E-state index in [9.17, 15) is 4.79 Å². The van der Waals surface area contributed by atoms with Gasteiger partial charge in [-0.3, -0.25) is 4.79 Å². The largest absolute Gasteiger partial charge is 0.497 e. The van der Waals surface area contributed by atoms with Gasteiger partial charge in [-0.25, -0.2) is 0 Å². The van der Waals surface area contributed by atoms with E-state index in [1.54, 1.807) is 7.11 Å². The third-order valence-electron chi connectivity index (χ3n) is 5.27. The van der Waals surface area contributed by atoms with Crippen LogP contribution in [0.25, 0.3) is 0 Å². The summed E-state index contributed by atoms with van der Waals surface area (Å²) in [6.07, 6.45) is 0.686. The van der Waals surface area contributed by atoms with Gasteiger partial charge in [0.05, 0.1) is 13.2 Å². The van der Waals surface area contributed by atoms with Crippen LogP contribution in [0.4, 0.5) is 0 Å². The van der Waals surface area contributed by atoms with Crippen LogP contribution in [0.1, 0.15) is 56.3 Å². The molecule has 2 atom stereocenters. The maximum Gasteiger partial charge on any atom is 0.261 e. The Morgan fingerprint density at radius 1 is 1.24 bits per heavy atom. The van der Waals surface area contributed by atoms with Crippen molar-refractivity contribution in [1.82, 2.24) is 5.32 Å². The Morgan fingerprint density at radius 3 is 2.69 bits per heavy atom. The molecule has 1 N–H and O–H groups in total. The molecule has 5 heteroatoms. The molecule has 0 radical (unpaired) electrons. The van der Waals surface area contributed by atoms with E-state index in [-0.39, 0.29) is 17.6 Å². The van der Waals surface area contributed by atoms with Crippen LogP contribution >= 0.6 is 0 Å². The Labute approximate surface area is 173 Å². The normalized spacial score (nSPS) is 18.2. The van der Waals surface area contributed by atoms with Crippen molar-refractivity contribution in [3.05, 3.63) is 53.1 Å². The zero-order valence-corrected chi connectivity index (χ0v) is 18.2. The highest BCUT2D eigenvalue weighted by atomic mass is 16.5. The first-order chi connectivity index (χ1) is 13.7. The molecule has 0 fully saturated rings. The van der Waals surface area contributed by atoms with Crippen LogP contribution in [0.5, 0.6) is 17.2 Å². The van der Waals surface area contributed by atoms with Gasteiger partial charge in [-0.05, 0) is 69.5 Å². The number of aryl methyl sites for hydroxylation is 2. The van der Waals surface area contributed by atoms with Gasteiger partial charge in [-0.2, -0.15) is 0 Å². The molecule has 29 heavy (non-hydrogen) atoms. The molecule has 2 aromatic rings. The van der Waals surface area contributed by atoms with E-state index in [0.717, 1.165) is 33.9 Å². The van der Waals surface area contributed by atoms with Gasteiger partial charge >= 0.3 is 0 Å². The fraction of sp³-hybridized carbons (Fsp3) is 0.458. The van der Waals surface area contributed by atoms with Crippen LogP contribution in [-0.2, 0) is 4.79 Å². The van der Waals surface area contributed by atoms with E-state index in [1.807, 2.05) is 71.0 Å². The Kier molecular flexibility index (Phi) is 6.06. The lowest BCUT2D eigenvalue weighted by Crippen LogP contribution is -2.45. The molecule has 1 aliphatic heterocycles. The number of ether oxygens (including phenoxy) is 3. The molecule has 1 aliphatic rings. The highest BCUT2D eigenvalue weighted by molar-refractivity contribution is 5.81.